The van der Waals surface area contributed by atoms with Crippen LogP contribution in [0.2, 0.25) is 5.02 Å². The van der Waals surface area contributed by atoms with Crippen LogP contribution in [0, 0.1) is 0 Å². The molecule has 0 fully saturated rings. The first kappa shape index (κ1) is 14.5. The van der Waals surface area contributed by atoms with Gasteiger partial charge in [-0.2, -0.15) is 0 Å². The summed E-state index contributed by atoms with van der Waals surface area (Å²) in [6, 6.07) is 10.5. The Morgan fingerprint density at radius 2 is 2.05 bits per heavy atom. The van der Waals surface area contributed by atoms with Gasteiger partial charge in [-0.1, -0.05) is 17.7 Å². The van der Waals surface area contributed by atoms with Gasteiger partial charge in [0.2, 0.25) is 0 Å². The molecule has 0 aliphatic carbocycles. The highest BCUT2D eigenvalue weighted by atomic mass is 35.5. The van der Waals surface area contributed by atoms with Crippen LogP contribution in [-0.2, 0) is 6.42 Å². The zero-order valence-corrected chi connectivity index (χ0v) is 12.8. The second kappa shape index (κ2) is 6.15. The molecule has 2 aromatic carbocycles. The Kier molecular flexibility index (Phi) is 4.06. The second-order valence-electron chi connectivity index (χ2n) is 4.93. The van der Waals surface area contributed by atoms with E-state index < -0.39 is 0 Å². The number of rotatable bonds is 3. The van der Waals surface area contributed by atoms with Crippen LogP contribution in [0.25, 0.3) is 0 Å². The quantitative estimate of drug-likeness (QED) is 0.803. The van der Waals surface area contributed by atoms with E-state index in [1.807, 2.05) is 18.2 Å². The lowest BCUT2D eigenvalue weighted by Gasteiger charge is -2.13. The molecule has 0 atom stereocenters. The molecule has 22 heavy (non-hydrogen) atoms. The highest BCUT2D eigenvalue weighted by molar-refractivity contribution is 6.31. The van der Waals surface area contributed by atoms with Crippen LogP contribution in [0.3, 0.4) is 0 Å². The predicted octanol–water partition coefficient (Wildman–Crippen LogP) is 3.96. The van der Waals surface area contributed by atoms with Crippen LogP contribution in [0.4, 0.5) is 21.9 Å². The Hall–Kier alpha value is -2.40. The molecule has 0 bridgehead atoms. The predicted molar refractivity (Wildman–Crippen MR) is 89.3 cm³/mol. The number of ether oxygens (including phenoxy) is 1. The van der Waals surface area contributed by atoms with Crippen LogP contribution in [0.15, 0.2) is 36.4 Å². The molecule has 0 radical (unpaired) electrons. The van der Waals surface area contributed by atoms with Gasteiger partial charge in [0.1, 0.15) is 5.75 Å². The number of hydrogen-bond donors (Lipinski definition) is 3. The molecule has 0 aromatic heterocycles. The van der Waals surface area contributed by atoms with Gasteiger partial charge in [0.15, 0.2) is 0 Å². The number of halogens is 1. The van der Waals surface area contributed by atoms with E-state index in [1.165, 1.54) is 0 Å². The maximum absolute atomic E-state index is 12.2. The highest BCUT2D eigenvalue weighted by Gasteiger charge is 2.16. The number of urea groups is 1. The van der Waals surface area contributed by atoms with Gasteiger partial charge >= 0.3 is 6.03 Å². The molecule has 1 aliphatic heterocycles. The number of benzene rings is 2. The topological polar surface area (TPSA) is 62.4 Å². The van der Waals surface area contributed by atoms with Crippen molar-refractivity contribution in [3.8, 4) is 5.75 Å². The fraction of sp³-hybridized carbons (Fsp3) is 0.188. The van der Waals surface area contributed by atoms with Gasteiger partial charge in [-0.3, -0.25) is 0 Å². The SMILES string of the molecule is COc1ccc(Cl)cc1NC(=O)Nc1cccc2c1CCN2. The molecule has 2 aromatic rings. The van der Waals surface area contributed by atoms with Crippen LogP contribution < -0.4 is 20.7 Å². The average molecular weight is 318 g/mol. The lowest BCUT2D eigenvalue weighted by Crippen LogP contribution is -2.20. The van der Waals surface area contributed by atoms with Crippen molar-refractivity contribution in [1.29, 1.82) is 0 Å². The smallest absolute Gasteiger partial charge is 0.323 e. The third-order valence-electron chi connectivity index (χ3n) is 3.52. The number of fused-ring (bicyclic) bond motifs is 1. The lowest BCUT2D eigenvalue weighted by atomic mass is 10.1. The second-order valence-corrected chi connectivity index (χ2v) is 5.37. The molecular formula is C16H16ClN3O2. The number of amides is 2. The standard InChI is InChI=1S/C16H16ClN3O2/c1-22-15-6-5-10(17)9-14(15)20-16(21)19-13-4-2-3-12-11(13)7-8-18-12/h2-6,9,18H,7-8H2,1H3,(H2,19,20,21). The molecule has 6 heteroatoms. The minimum Gasteiger partial charge on any atom is -0.495 e. The Labute approximate surface area is 133 Å². The number of hydrogen-bond acceptors (Lipinski definition) is 3. The number of carbonyl (C=O) groups is 1. The Balaban J connectivity index is 1.76. The number of anilines is 3. The molecule has 1 heterocycles. The molecule has 5 nitrogen and oxygen atoms in total. The van der Waals surface area contributed by atoms with Crippen LogP contribution >= 0.6 is 11.6 Å². The van der Waals surface area contributed by atoms with Crippen LogP contribution in [0.5, 0.6) is 5.75 Å². The van der Waals surface area contributed by atoms with Crippen molar-refractivity contribution < 1.29 is 9.53 Å². The molecular weight excluding hydrogens is 302 g/mol. The third kappa shape index (κ3) is 2.94. The summed E-state index contributed by atoms with van der Waals surface area (Å²) in [6.45, 7) is 0.887. The molecule has 0 saturated heterocycles. The van der Waals surface area contributed by atoms with E-state index in [2.05, 4.69) is 16.0 Å². The zero-order valence-electron chi connectivity index (χ0n) is 12.1. The van der Waals surface area contributed by atoms with Crippen molar-refractivity contribution in [2.45, 2.75) is 6.42 Å². The molecule has 3 N–H and O–H groups in total. The molecule has 3 rings (SSSR count). The molecule has 1 aliphatic rings. The number of methoxy groups -OCH3 is 1. The molecule has 0 saturated carbocycles. The van der Waals surface area contributed by atoms with E-state index in [1.54, 1.807) is 25.3 Å². The summed E-state index contributed by atoms with van der Waals surface area (Å²) in [7, 11) is 1.54. The van der Waals surface area contributed by atoms with Crippen molar-refractivity contribution in [1.82, 2.24) is 0 Å². The van der Waals surface area contributed by atoms with E-state index >= 15 is 0 Å². The number of carbonyl (C=O) groups excluding carboxylic acids is 1. The van der Waals surface area contributed by atoms with Gasteiger partial charge < -0.3 is 20.7 Å². The summed E-state index contributed by atoms with van der Waals surface area (Å²) < 4.78 is 5.21. The first-order valence-corrected chi connectivity index (χ1v) is 7.32. The highest BCUT2D eigenvalue weighted by Crippen LogP contribution is 2.30. The van der Waals surface area contributed by atoms with Crippen molar-refractivity contribution in [3.05, 3.63) is 47.0 Å². The lowest BCUT2D eigenvalue weighted by molar-refractivity contribution is 0.262. The summed E-state index contributed by atoms with van der Waals surface area (Å²) in [6.07, 6.45) is 0.895. The number of nitrogens with one attached hydrogen (secondary N) is 3. The fourth-order valence-electron chi connectivity index (χ4n) is 2.51. The monoisotopic (exact) mass is 317 g/mol. The van der Waals surface area contributed by atoms with E-state index in [4.69, 9.17) is 16.3 Å². The maximum Gasteiger partial charge on any atom is 0.323 e. The van der Waals surface area contributed by atoms with Gasteiger partial charge in [0.25, 0.3) is 0 Å². The van der Waals surface area contributed by atoms with E-state index in [0.717, 1.165) is 29.9 Å². The molecule has 0 spiro atoms. The largest absolute Gasteiger partial charge is 0.495 e. The van der Waals surface area contributed by atoms with Crippen molar-refractivity contribution >= 4 is 34.7 Å². The van der Waals surface area contributed by atoms with E-state index in [0.29, 0.717) is 16.5 Å². The minimum atomic E-state index is -0.333. The molecule has 2 amide bonds. The summed E-state index contributed by atoms with van der Waals surface area (Å²) in [4.78, 5) is 12.2. The summed E-state index contributed by atoms with van der Waals surface area (Å²) in [5.41, 5.74) is 3.52. The van der Waals surface area contributed by atoms with Crippen molar-refractivity contribution in [2.24, 2.45) is 0 Å². The fourth-order valence-corrected chi connectivity index (χ4v) is 2.69. The van der Waals surface area contributed by atoms with Gasteiger partial charge in [-0.25, -0.2) is 4.79 Å². The Morgan fingerprint density at radius 1 is 1.23 bits per heavy atom. The first-order valence-electron chi connectivity index (χ1n) is 6.94. The molecule has 114 valence electrons. The van der Waals surface area contributed by atoms with Gasteiger partial charge in [-0.05, 0) is 36.8 Å². The summed E-state index contributed by atoms with van der Waals surface area (Å²) in [5, 5.41) is 9.44. The normalized spacial score (nSPS) is 12.3. The molecule has 0 unspecified atom stereocenters. The van der Waals surface area contributed by atoms with Gasteiger partial charge in [-0.15, -0.1) is 0 Å². The van der Waals surface area contributed by atoms with E-state index in [9.17, 15) is 4.79 Å². The maximum atomic E-state index is 12.2. The van der Waals surface area contributed by atoms with Crippen molar-refractivity contribution in [3.63, 3.8) is 0 Å². The third-order valence-corrected chi connectivity index (χ3v) is 3.76. The van der Waals surface area contributed by atoms with Gasteiger partial charge in [0, 0.05) is 28.5 Å². The zero-order chi connectivity index (χ0) is 15.5. The van der Waals surface area contributed by atoms with Crippen molar-refractivity contribution in [2.75, 3.05) is 29.6 Å². The van der Waals surface area contributed by atoms with Gasteiger partial charge in [0.05, 0.1) is 12.8 Å². The average Bonchev–Trinajstić information content (AvgIpc) is 2.97. The van der Waals surface area contributed by atoms with E-state index in [-0.39, 0.29) is 6.03 Å². The summed E-state index contributed by atoms with van der Waals surface area (Å²) >= 11 is 5.96. The van der Waals surface area contributed by atoms with Crippen LogP contribution in [0.1, 0.15) is 5.56 Å². The van der Waals surface area contributed by atoms with Crippen LogP contribution in [-0.4, -0.2) is 19.7 Å². The first-order chi connectivity index (χ1) is 10.7. The Bertz CT molecular complexity index is 713. The minimum absolute atomic E-state index is 0.333. The summed E-state index contributed by atoms with van der Waals surface area (Å²) in [5.74, 6) is 0.555. The Morgan fingerprint density at radius 3 is 2.86 bits per heavy atom.